The highest BCUT2D eigenvalue weighted by atomic mass is 35.5. The number of benzene rings is 1. The molecule has 138 valence electrons. The molecule has 25 heavy (non-hydrogen) atoms. The summed E-state index contributed by atoms with van der Waals surface area (Å²) in [5.74, 6) is -0.534. The van der Waals surface area contributed by atoms with Gasteiger partial charge in [0, 0.05) is 24.0 Å². The van der Waals surface area contributed by atoms with Gasteiger partial charge < -0.3 is 25.2 Å². The summed E-state index contributed by atoms with van der Waals surface area (Å²) in [5.41, 5.74) is -0.845. The molecule has 0 aromatic heterocycles. The highest BCUT2D eigenvalue weighted by Gasteiger charge is 2.62. The second kappa shape index (κ2) is 6.83. The number of ether oxygens (including phenoxy) is 1. The van der Waals surface area contributed by atoms with Gasteiger partial charge in [0.15, 0.2) is 0 Å². The van der Waals surface area contributed by atoms with E-state index in [1.54, 1.807) is 29.2 Å². The van der Waals surface area contributed by atoms with Crippen molar-refractivity contribution < 1.29 is 30.0 Å². The highest BCUT2D eigenvalue weighted by molar-refractivity contribution is 6.30. The summed E-state index contributed by atoms with van der Waals surface area (Å²) in [7, 11) is 1.26. The molecule has 2 aliphatic rings. The SMILES string of the molecule is COC(=O)[C@@H]1C[C@@]2(O)[C@@H](O)[C@@H](O)[C@H](O)C[C@H]2N1Cc1ccc(Cl)cc1. The quantitative estimate of drug-likeness (QED) is 0.539. The largest absolute Gasteiger partial charge is 0.468 e. The number of fused-ring (bicyclic) bond motifs is 1. The summed E-state index contributed by atoms with van der Waals surface area (Å²) >= 11 is 5.90. The van der Waals surface area contributed by atoms with Crippen molar-refractivity contribution >= 4 is 17.6 Å². The summed E-state index contributed by atoms with van der Waals surface area (Å²) in [5, 5.41) is 41.8. The molecule has 0 spiro atoms. The fourth-order valence-electron chi connectivity index (χ4n) is 3.97. The molecule has 1 aliphatic carbocycles. The number of aliphatic hydroxyl groups is 4. The Balaban J connectivity index is 1.94. The van der Waals surface area contributed by atoms with Gasteiger partial charge >= 0.3 is 5.97 Å². The number of likely N-dealkylation sites (tertiary alicyclic amines) is 1. The maximum Gasteiger partial charge on any atom is 0.323 e. The van der Waals surface area contributed by atoms with Crippen molar-refractivity contribution in [3.05, 3.63) is 34.9 Å². The minimum absolute atomic E-state index is 0.0375. The van der Waals surface area contributed by atoms with Crippen molar-refractivity contribution in [2.24, 2.45) is 0 Å². The maximum atomic E-state index is 12.2. The lowest BCUT2D eigenvalue weighted by Crippen LogP contribution is -2.64. The summed E-state index contributed by atoms with van der Waals surface area (Å²) in [6.07, 6.45) is -4.25. The predicted octanol–water partition coefficient (Wildman–Crippen LogP) is -0.327. The third kappa shape index (κ3) is 3.16. The molecular weight excluding hydrogens is 350 g/mol. The number of hydrogen-bond donors (Lipinski definition) is 4. The van der Waals surface area contributed by atoms with E-state index >= 15 is 0 Å². The van der Waals surface area contributed by atoms with Crippen molar-refractivity contribution in [2.75, 3.05) is 7.11 Å². The van der Waals surface area contributed by atoms with Gasteiger partial charge in [-0.25, -0.2) is 0 Å². The van der Waals surface area contributed by atoms with E-state index in [0.717, 1.165) is 5.56 Å². The molecule has 8 heteroatoms. The molecule has 1 saturated carbocycles. The maximum absolute atomic E-state index is 12.2. The number of aliphatic hydroxyl groups excluding tert-OH is 3. The van der Waals surface area contributed by atoms with Crippen LogP contribution in [-0.2, 0) is 16.1 Å². The van der Waals surface area contributed by atoms with Gasteiger partial charge in [0.05, 0.1) is 13.2 Å². The van der Waals surface area contributed by atoms with E-state index in [1.165, 1.54) is 7.11 Å². The van der Waals surface area contributed by atoms with Crippen molar-refractivity contribution in [3.8, 4) is 0 Å². The Morgan fingerprint density at radius 3 is 2.56 bits per heavy atom. The first kappa shape index (κ1) is 18.6. The van der Waals surface area contributed by atoms with E-state index < -0.39 is 42.0 Å². The lowest BCUT2D eigenvalue weighted by atomic mass is 9.75. The molecule has 6 atom stereocenters. The molecule has 1 aromatic rings. The van der Waals surface area contributed by atoms with Gasteiger partial charge in [-0.2, -0.15) is 0 Å². The molecule has 2 fully saturated rings. The molecule has 1 aromatic carbocycles. The van der Waals surface area contributed by atoms with E-state index in [1.807, 2.05) is 0 Å². The number of rotatable bonds is 3. The number of hydrogen-bond acceptors (Lipinski definition) is 7. The summed E-state index contributed by atoms with van der Waals surface area (Å²) < 4.78 is 4.84. The zero-order valence-corrected chi connectivity index (χ0v) is 14.5. The fourth-order valence-corrected chi connectivity index (χ4v) is 4.10. The van der Waals surface area contributed by atoms with E-state index in [4.69, 9.17) is 16.3 Å². The third-order valence-electron chi connectivity index (χ3n) is 5.34. The van der Waals surface area contributed by atoms with Gasteiger partial charge in [0.25, 0.3) is 0 Å². The molecule has 7 nitrogen and oxygen atoms in total. The highest BCUT2D eigenvalue weighted by Crippen LogP contribution is 2.44. The Hall–Kier alpha value is -1.22. The first-order valence-electron chi connectivity index (χ1n) is 8.12. The fraction of sp³-hybridized carbons (Fsp3) is 0.588. The smallest absolute Gasteiger partial charge is 0.323 e. The first-order chi connectivity index (χ1) is 11.8. The van der Waals surface area contributed by atoms with E-state index in [2.05, 4.69) is 0 Å². The Morgan fingerprint density at radius 2 is 1.96 bits per heavy atom. The van der Waals surface area contributed by atoms with E-state index in [-0.39, 0.29) is 12.8 Å². The van der Waals surface area contributed by atoms with Crippen LogP contribution in [0.2, 0.25) is 5.02 Å². The Kier molecular flexibility index (Phi) is 5.07. The molecular formula is C17H22ClNO6. The van der Waals surface area contributed by atoms with Gasteiger partial charge in [0.2, 0.25) is 0 Å². The molecule has 0 unspecified atom stereocenters. The van der Waals surface area contributed by atoms with Gasteiger partial charge in [-0.15, -0.1) is 0 Å². The van der Waals surface area contributed by atoms with Gasteiger partial charge in [-0.3, -0.25) is 9.69 Å². The molecule has 3 rings (SSSR count). The lowest BCUT2D eigenvalue weighted by Gasteiger charge is -2.45. The van der Waals surface area contributed by atoms with Gasteiger partial charge in [-0.1, -0.05) is 23.7 Å². The van der Waals surface area contributed by atoms with E-state index in [0.29, 0.717) is 11.6 Å². The van der Waals surface area contributed by atoms with Crippen molar-refractivity contribution in [1.82, 2.24) is 4.90 Å². The zero-order valence-electron chi connectivity index (χ0n) is 13.7. The van der Waals surface area contributed by atoms with Crippen molar-refractivity contribution in [1.29, 1.82) is 0 Å². The molecule has 4 N–H and O–H groups in total. The van der Waals surface area contributed by atoms with Crippen LogP contribution < -0.4 is 0 Å². The number of esters is 1. The predicted molar refractivity (Wildman–Crippen MR) is 88.8 cm³/mol. The number of halogens is 1. The second-order valence-corrected chi connectivity index (χ2v) is 7.22. The van der Waals surface area contributed by atoms with Crippen LogP contribution >= 0.6 is 11.6 Å². The average molecular weight is 372 g/mol. The Morgan fingerprint density at radius 1 is 1.32 bits per heavy atom. The van der Waals surface area contributed by atoms with Gasteiger partial charge in [-0.05, 0) is 24.1 Å². The summed E-state index contributed by atoms with van der Waals surface area (Å²) in [6, 6.07) is 5.57. The topological polar surface area (TPSA) is 110 Å². The van der Waals surface area contributed by atoms with Crippen LogP contribution in [0.3, 0.4) is 0 Å². The van der Waals surface area contributed by atoms with E-state index in [9.17, 15) is 25.2 Å². The van der Waals surface area contributed by atoms with Crippen LogP contribution in [0.25, 0.3) is 0 Å². The lowest BCUT2D eigenvalue weighted by molar-refractivity contribution is -0.197. The number of nitrogens with zero attached hydrogens (tertiary/aromatic N) is 1. The first-order valence-corrected chi connectivity index (χ1v) is 8.50. The van der Waals surface area contributed by atoms with Crippen LogP contribution in [-0.4, -0.2) is 74.4 Å². The number of methoxy groups -OCH3 is 1. The van der Waals surface area contributed by atoms with Crippen molar-refractivity contribution in [2.45, 2.75) is 55.4 Å². The van der Waals surface area contributed by atoms with Crippen LogP contribution in [0.4, 0.5) is 0 Å². The molecule has 0 amide bonds. The molecule has 1 heterocycles. The second-order valence-electron chi connectivity index (χ2n) is 6.79. The zero-order chi connectivity index (χ0) is 18.4. The summed E-state index contributed by atoms with van der Waals surface area (Å²) in [4.78, 5) is 13.9. The molecule has 0 bridgehead atoms. The monoisotopic (exact) mass is 371 g/mol. The van der Waals surface area contributed by atoms with Crippen LogP contribution in [0, 0.1) is 0 Å². The Bertz CT molecular complexity index is 641. The van der Waals surface area contributed by atoms with Gasteiger partial charge in [0.1, 0.15) is 23.9 Å². The standard InChI is InChI=1S/C17H22ClNO6/c1-25-16(23)11-7-17(24)13(6-12(20)14(21)15(17)22)19(11)8-9-2-4-10(18)5-3-9/h2-5,11-15,20-22,24H,6-8H2,1H3/t11-,12+,13+,14-,15-,17-/m0/s1. The molecule has 0 radical (unpaired) electrons. The van der Waals surface area contributed by atoms with Crippen LogP contribution in [0.15, 0.2) is 24.3 Å². The minimum atomic E-state index is -1.70. The third-order valence-corrected chi connectivity index (χ3v) is 5.60. The normalized spacial score (nSPS) is 38.4. The summed E-state index contributed by atoms with van der Waals surface area (Å²) in [6.45, 7) is 0.305. The minimum Gasteiger partial charge on any atom is -0.468 e. The number of carbonyl (C=O) groups excluding carboxylic acids is 1. The van der Waals surface area contributed by atoms with Crippen molar-refractivity contribution in [3.63, 3.8) is 0 Å². The molecule has 1 saturated heterocycles. The van der Waals surface area contributed by atoms with Crippen LogP contribution in [0.1, 0.15) is 18.4 Å². The molecule has 1 aliphatic heterocycles. The number of carbonyl (C=O) groups is 1. The average Bonchev–Trinajstić information content (AvgIpc) is 2.88. The van der Waals surface area contributed by atoms with Crippen LogP contribution in [0.5, 0.6) is 0 Å². The Labute approximate surface area is 150 Å².